The fourth-order valence-corrected chi connectivity index (χ4v) is 5.77. The molecule has 0 aromatic heterocycles. The van der Waals surface area contributed by atoms with E-state index in [9.17, 15) is 18.0 Å². The van der Waals surface area contributed by atoms with Gasteiger partial charge < -0.3 is 9.80 Å². The molecule has 0 bridgehead atoms. The lowest BCUT2D eigenvalue weighted by molar-refractivity contribution is -0.129. The normalized spacial score (nSPS) is 17.0. The van der Waals surface area contributed by atoms with Gasteiger partial charge >= 0.3 is 0 Å². The first kappa shape index (κ1) is 21.5. The Morgan fingerprint density at radius 3 is 2.23 bits per heavy atom. The predicted octanol–water partition coefficient (Wildman–Crippen LogP) is 2.30. The second kappa shape index (κ2) is 8.43. The summed E-state index contributed by atoms with van der Waals surface area (Å²) < 4.78 is 27.3. The number of sulfonamides is 1. The average molecular weight is 442 g/mol. The maximum atomic E-state index is 13.2. The third-order valence-electron chi connectivity index (χ3n) is 6.13. The summed E-state index contributed by atoms with van der Waals surface area (Å²) in [7, 11) is -3.66. The molecule has 7 nitrogen and oxygen atoms in total. The van der Waals surface area contributed by atoms with Gasteiger partial charge in [0.2, 0.25) is 15.9 Å². The van der Waals surface area contributed by atoms with E-state index in [0.29, 0.717) is 25.2 Å². The van der Waals surface area contributed by atoms with Gasteiger partial charge in [0, 0.05) is 45.2 Å². The number of anilines is 1. The van der Waals surface area contributed by atoms with Crippen LogP contribution in [0.4, 0.5) is 5.69 Å². The zero-order valence-corrected chi connectivity index (χ0v) is 18.7. The summed E-state index contributed by atoms with van der Waals surface area (Å²) in [5.41, 5.74) is 3.79. The third kappa shape index (κ3) is 3.97. The molecule has 0 radical (unpaired) electrons. The van der Waals surface area contributed by atoms with Gasteiger partial charge in [0.05, 0.1) is 10.6 Å². The Hall–Kier alpha value is -2.71. The molecule has 2 aliphatic heterocycles. The number of piperazine rings is 1. The van der Waals surface area contributed by atoms with E-state index in [4.69, 9.17) is 0 Å². The molecule has 2 aromatic rings. The maximum Gasteiger partial charge on any atom is 0.258 e. The SMILES string of the molecule is CCc1cccc2c1N(C(=O)c1ccc(S(=O)(=O)N3CCN(C(C)=O)CC3)cc1)CC2. The number of fused-ring (bicyclic) bond motifs is 1. The lowest BCUT2D eigenvalue weighted by atomic mass is 10.1. The summed E-state index contributed by atoms with van der Waals surface area (Å²) in [5.74, 6) is -0.159. The Morgan fingerprint density at radius 2 is 1.61 bits per heavy atom. The monoisotopic (exact) mass is 441 g/mol. The molecule has 4 rings (SSSR count). The van der Waals surface area contributed by atoms with Crippen LogP contribution in [-0.4, -0.2) is 62.2 Å². The van der Waals surface area contributed by atoms with Crippen molar-refractivity contribution < 1.29 is 18.0 Å². The first-order chi connectivity index (χ1) is 14.8. The van der Waals surface area contributed by atoms with Crippen LogP contribution in [0, 0.1) is 0 Å². The summed E-state index contributed by atoms with van der Waals surface area (Å²) >= 11 is 0. The molecule has 2 heterocycles. The summed E-state index contributed by atoms with van der Waals surface area (Å²) in [6.07, 6.45) is 1.68. The van der Waals surface area contributed by atoms with E-state index in [1.54, 1.807) is 21.9 Å². The number of benzene rings is 2. The van der Waals surface area contributed by atoms with Crippen molar-refractivity contribution in [1.82, 2.24) is 9.21 Å². The second-order valence-electron chi connectivity index (χ2n) is 7.92. The van der Waals surface area contributed by atoms with Gasteiger partial charge in [0.1, 0.15) is 0 Å². The summed E-state index contributed by atoms with van der Waals surface area (Å²) in [6, 6.07) is 12.3. The zero-order chi connectivity index (χ0) is 22.2. The number of carbonyl (C=O) groups excluding carboxylic acids is 2. The van der Waals surface area contributed by atoms with Crippen LogP contribution in [0.2, 0.25) is 0 Å². The molecule has 1 saturated heterocycles. The van der Waals surface area contributed by atoms with Crippen LogP contribution in [0.15, 0.2) is 47.4 Å². The number of para-hydroxylation sites is 1. The van der Waals surface area contributed by atoms with Gasteiger partial charge in [-0.25, -0.2) is 8.42 Å². The fraction of sp³-hybridized carbons (Fsp3) is 0.391. The molecule has 0 unspecified atom stereocenters. The molecule has 164 valence electrons. The quantitative estimate of drug-likeness (QED) is 0.730. The van der Waals surface area contributed by atoms with Crippen molar-refractivity contribution in [2.24, 2.45) is 0 Å². The third-order valence-corrected chi connectivity index (χ3v) is 8.04. The molecule has 0 N–H and O–H groups in total. The minimum atomic E-state index is -3.66. The van der Waals surface area contributed by atoms with Gasteiger partial charge in [-0.3, -0.25) is 9.59 Å². The highest BCUT2D eigenvalue weighted by atomic mass is 32.2. The lowest BCUT2D eigenvalue weighted by Crippen LogP contribution is -2.49. The number of hydrogen-bond acceptors (Lipinski definition) is 4. The fourth-order valence-electron chi connectivity index (χ4n) is 4.34. The van der Waals surface area contributed by atoms with Crippen molar-refractivity contribution in [3.05, 3.63) is 59.2 Å². The van der Waals surface area contributed by atoms with E-state index in [-0.39, 0.29) is 29.8 Å². The van der Waals surface area contributed by atoms with Gasteiger partial charge in [0.25, 0.3) is 5.91 Å². The van der Waals surface area contributed by atoms with Crippen LogP contribution >= 0.6 is 0 Å². The smallest absolute Gasteiger partial charge is 0.258 e. The van der Waals surface area contributed by atoms with Crippen molar-refractivity contribution in [3.8, 4) is 0 Å². The first-order valence-electron chi connectivity index (χ1n) is 10.6. The van der Waals surface area contributed by atoms with Crippen molar-refractivity contribution in [1.29, 1.82) is 0 Å². The van der Waals surface area contributed by atoms with E-state index in [2.05, 4.69) is 13.0 Å². The molecule has 0 saturated carbocycles. The van der Waals surface area contributed by atoms with Crippen molar-refractivity contribution in [2.45, 2.75) is 31.6 Å². The van der Waals surface area contributed by atoms with Crippen LogP contribution in [-0.2, 0) is 27.7 Å². The number of carbonyl (C=O) groups is 2. The molecule has 0 atom stereocenters. The molecule has 2 amide bonds. The van der Waals surface area contributed by atoms with Gasteiger partial charge in [-0.15, -0.1) is 0 Å². The van der Waals surface area contributed by atoms with Gasteiger partial charge in [0.15, 0.2) is 0 Å². The minimum absolute atomic E-state index is 0.0466. The van der Waals surface area contributed by atoms with Crippen LogP contribution in [0.3, 0.4) is 0 Å². The molecule has 2 aromatic carbocycles. The summed E-state index contributed by atoms with van der Waals surface area (Å²) in [5, 5.41) is 0. The molecular weight excluding hydrogens is 414 g/mol. The standard InChI is InChI=1S/C23H27N3O4S/c1-3-18-5-4-6-19-11-12-26(22(18)19)23(28)20-7-9-21(10-8-20)31(29,30)25-15-13-24(14-16-25)17(2)27/h4-10H,3,11-16H2,1-2H3. The van der Waals surface area contributed by atoms with E-state index >= 15 is 0 Å². The summed E-state index contributed by atoms with van der Waals surface area (Å²) in [6.45, 7) is 5.51. The largest absolute Gasteiger partial charge is 0.340 e. The Bertz CT molecular complexity index is 1100. The Morgan fingerprint density at radius 1 is 0.935 bits per heavy atom. The van der Waals surface area contributed by atoms with Gasteiger partial charge in [-0.2, -0.15) is 4.31 Å². The summed E-state index contributed by atoms with van der Waals surface area (Å²) in [4.78, 5) is 28.3. The lowest BCUT2D eigenvalue weighted by Gasteiger charge is -2.33. The number of aryl methyl sites for hydroxylation is 1. The Labute approximate surface area is 183 Å². The van der Waals surface area contributed by atoms with Gasteiger partial charge in [-0.1, -0.05) is 25.1 Å². The first-order valence-corrected chi connectivity index (χ1v) is 12.0. The molecule has 2 aliphatic rings. The van der Waals surface area contributed by atoms with Crippen LogP contribution < -0.4 is 4.90 Å². The van der Waals surface area contributed by atoms with E-state index in [1.807, 2.05) is 12.1 Å². The highest BCUT2D eigenvalue weighted by Gasteiger charge is 2.30. The maximum absolute atomic E-state index is 13.2. The van der Waals surface area contributed by atoms with E-state index < -0.39 is 10.0 Å². The molecule has 8 heteroatoms. The molecule has 31 heavy (non-hydrogen) atoms. The minimum Gasteiger partial charge on any atom is -0.340 e. The van der Waals surface area contributed by atoms with Crippen LogP contribution in [0.5, 0.6) is 0 Å². The number of rotatable bonds is 4. The molecule has 0 aliphatic carbocycles. The van der Waals surface area contributed by atoms with Crippen molar-refractivity contribution in [2.75, 3.05) is 37.6 Å². The number of hydrogen-bond donors (Lipinski definition) is 0. The Kier molecular flexibility index (Phi) is 5.85. The van der Waals surface area contributed by atoms with Gasteiger partial charge in [-0.05, 0) is 48.2 Å². The second-order valence-corrected chi connectivity index (χ2v) is 9.86. The number of nitrogens with zero attached hydrogens (tertiary/aromatic N) is 3. The highest BCUT2D eigenvalue weighted by molar-refractivity contribution is 7.89. The van der Waals surface area contributed by atoms with E-state index in [1.165, 1.54) is 28.9 Å². The molecule has 1 fully saturated rings. The predicted molar refractivity (Wildman–Crippen MR) is 119 cm³/mol. The highest BCUT2D eigenvalue weighted by Crippen LogP contribution is 2.33. The Balaban J connectivity index is 1.52. The van der Waals surface area contributed by atoms with Crippen molar-refractivity contribution >= 4 is 27.5 Å². The average Bonchev–Trinajstić information content (AvgIpc) is 3.23. The topological polar surface area (TPSA) is 78.0 Å². The zero-order valence-electron chi connectivity index (χ0n) is 17.9. The van der Waals surface area contributed by atoms with Crippen LogP contribution in [0.25, 0.3) is 0 Å². The van der Waals surface area contributed by atoms with Crippen molar-refractivity contribution in [3.63, 3.8) is 0 Å². The van der Waals surface area contributed by atoms with E-state index in [0.717, 1.165) is 24.1 Å². The van der Waals surface area contributed by atoms with Crippen LogP contribution in [0.1, 0.15) is 35.3 Å². The molecular formula is C23H27N3O4S. The molecule has 0 spiro atoms. The number of amides is 2.